The lowest BCUT2D eigenvalue weighted by atomic mass is 9.95. The molecule has 0 saturated carbocycles. The van der Waals surface area contributed by atoms with Gasteiger partial charge in [0.2, 0.25) is 31.6 Å². The molecule has 0 spiro atoms. The van der Waals surface area contributed by atoms with E-state index in [4.69, 9.17) is 47.7 Å². The summed E-state index contributed by atoms with van der Waals surface area (Å²) in [4.78, 5) is 62.9. The van der Waals surface area contributed by atoms with E-state index in [1.165, 1.54) is 27.7 Å². The fourth-order valence-corrected chi connectivity index (χ4v) is 6.37. The van der Waals surface area contributed by atoms with Crippen molar-refractivity contribution in [2.75, 3.05) is 32.5 Å². The van der Waals surface area contributed by atoms with Gasteiger partial charge in [-0.2, -0.15) is 9.97 Å². The standard InChI is InChI=1S/C36H49F2N6O16P/c1-9-50-27-25-26(42-31(39)43-27)44(17-40-25)30-35(8,59-28(45)24(20(2)3)41-32(46)51-15-23-13-11-10-12-14-23)29(37)36(38,60-30)16-54-61(49,55-18-52-33(47)57-21(4)5)56-19-53-34(48)58-22(6)7/h10-14,17,20-22,24,29-30H,9,15-16,18-19H2,1-8H3,(H,41,46)(H2,39,42,43)/t24?,29-,30+,35+,36+/m0/s1. The SMILES string of the molecule is CCOc1nc(N)nc2c1ncn2[C@@H]1O[C@](F)(COP(=O)(OCOC(=O)OC(C)C)OCOC(=O)OC(C)C)[C@@H](F)[C@@]1(C)OC(=O)C(NC(=O)OCc1ccccc1)C(C)C. The van der Waals surface area contributed by atoms with Gasteiger partial charge in [-0.1, -0.05) is 44.2 Å². The van der Waals surface area contributed by atoms with Crippen molar-refractivity contribution < 1.29 is 84.0 Å². The highest BCUT2D eigenvalue weighted by Crippen LogP contribution is 2.55. The highest BCUT2D eigenvalue weighted by atomic mass is 31.2. The molecule has 1 aliphatic rings. The number of nitrogens with two attached hydrogens (primary N) is 1. The Hall–Kier alpha value is -5.42. The third-order valence-electron chi connectivity index (χ3n) is 8.21. The summed E-state index contributed by atoms with van der Waals surface area (Å²) in [7, 11) is -5.20. The second-order valence-corrected chi connectivity index (χ2v) is 15.8. The smallest absolute Gasteiger partial charge is 0.476 e. The van der Waals surface area contributed by atoms with Gasteiger partial charge in [0.25, 0.3) is 5.85 Å². The molecule has 5 atom stereocenters. The van der Waals surface area contributed by atoms with Crippen LogP contribution in [0.2, 0.25) is 0 Å². The number of alkyl carbamates (subject to hydrolysis) is 1. The van der Waals surface area contributed by atoms with Crippen LogP contribution in [-0.4, -0.2) is 107 Å². The topological polar surface area (TPSA) is 269 Å². The van der Waals surface area contributed by atoms with E-state index in [1.807, 2.05) is 0 Å². The van der Waals surface area contributed by atoms with Gasteiger partial charge in [0.1, 0.15) is 19.3 Å². The Labute approximate surface area is 348 Å². The maximum absolute atomic E-state index is 17.2. The summed E-state index contributed by atoms with van der Waals surface area (Å²) in [5, 5.41) is 2.39. The van der Waals surface area contributed by atoms with Crippen molar-refractivity contribution in [1.82, 2.24) is 24.8 Å². The molecule has 0 bridgehead atoms. The zero-order valence-corrected chi connectivity index (χ0v) is 35.5. The Kier molecular flexibility index (Phi) is 16.5. The Morgan fingerprint density at radius 3 is 2.11 bits per heavy atom. The zero-order valence-electron chi connectivity index (χ0n) is 34.6. The molecule has 0 radical (unpaired) electrons. The number of hydrogen-bond acceptors (Lipinski definition) is 20. The number of benzene rings is 1. The summed E-state index contributed by atoms with van der Waals surface area (Å²) in [5.74, 6) is -6.09. The number of esters is 1. The van der Waals surface area contributed by atoms with Crippen molar-refractivity contribution >= 4 is 49.3 Å². The van der Waals surface area contributed by atoms with E-state index in [-0.39, 0.29) is 36.2 Å². The first kappa shape index (κ1) is 48.2. The summed E-state index contributed by atoms with van der Waals surface area (Å²) in [6.07, 6.45) is -8.83. The molecular weight excluding hydrogens is 841 g/mol. The first-order chi connectivity index (χ1) is 28.7. The fraction of sp³-hybridized carbons (Fsp3) is 0.583. The number of aromatic nitrogens is 4. The average Bonchev–Trinajstić information content (AvgIpc) is 3.67. The molecular formula is C36H49F2N6O16P. The van der Waals surface area contributed by atoms with Crippen LogP contribution in [0.3, 0.4) is 0 Å². The van der Waals surface area contributed by atoms with Gasteiger partial charge in [-0.05, 0) is 53.0 Å². The van der Waals surface area contributed by atoms with Crippen LogP contribution in [0.5, 0.6) is 5.88 Å². The number of nitrogen functional groups attached to an aromatic ring is 1. The summed E-state index contributed by atoms with van der Waals surface area (Å²) in [6.45, 7) is 7.69. The van der Waals surface area contributed by atoms with E-state index in [0.717, 1.165) is 17.8 Å². The third kappa shape index (κ3) is 12.8. The second kappa shape index (κ2) is 20.9. The lowest BCUT2D eigenvalue weighted by Crippen LogP contribution is -2.53. The zero-order chi connectivity index (χ0) is 45.1. The number of carbonyl (C=O) groups excluding carboxylic acids is 4. The van der Waals surface area contributed by atoms with Crippen LogP contribution in [0.4, 0.5) is 29.1 Å². The number of nitrogens with zero attached hydrogens (tertiary/aromatic N) is 4. The molecule has 25 heteroatoms. The number of phosphoric acid groups is 1. The quantitative estimate of drug-likeness (QED) is 0.0588. The van der Waals surface area contributed by atoms with E-state index >= 15 is 8.78 Å². The molecule has 3 N–H and O–H groups in total. The normalized spacial score (nSPS) is 20.7. The van der Waals surface area contributed by atoms with E-state index in [1.54, 1.807) is 51.1 Å². The van der Waals surface area contributed by atoms with Crippen molar-refractivity contribution in [1.29, 1.82) is 0 Å². The number of halogens is 2. The van der Waals surface area contributed by atoms with Crippen LogP contribution in [-0.2, 0) is 62.7 Å². The number of ether oxygens (including phenoxy) is 8. The number of hydrogen-bond donors (Lipinski definition) is 2. The van der Waals surface area contributed by atoms with Crippen molar-refractivity contribution in [3.8, 4) is 5.88 Å². The Morgan fingerprint density at radius 1 is 0.951 bits per heavy atom. The van der Waals surface area contributed by atoms with Gasteiger partial charge in [0.15, 0.2) is 23.0 Å². The monoisotopic (exact) mass is 890 g/mol. The molecule has 0 aliphatic carbocycles. The Bertz CT molecular complexity index is 2000. The van der Waals surface area contributed by atoms with Crippen LogP contribution in [0, 0.1) is 5.92 Å². The third-order valence-corrected chi connectivity index (χ3v) is 9.49. The summed E-state index contributed by atoms with van der Waals surface area (Å²) < 4.78 is 105. The van der Waals surface area contributed by atoms with Gasteiger partial charge in [-0.25, -0.2) is 46.6 Å². The molecule has 22 nitrogen and oxygen atoms in total. The van der Waals surface area contributed by atoms with Crippen molar-refractivity contribution in [2.45, 2.75) is 104 Å². The summed E-state index contributed by atoms with van der Waals surface area (Å²) in [5.41, 5.74) is 3.66. The largest absolute Gasteiger partial charge is 0.510 e. The summed E-state index contributed by atoms with van der Waals surface area (Å²) >= 11 is 0. The number of rotatable bonds is 20. The first-order valence-electron chi connectivity index (χ1n) is 18.7. The summed E-state index contributed by atoms with van der Waals surface area (Å²) in [6, 6.07) is 7.16. The van der Waals surface area contributed by atoms with Gasteiger partial charge in [0.05, 0.1) is 25.1 Å². The van der Waals surface area contributed by atoms with E-state index < -0.39 is 100 Å². The minimum Gasteiger partial charge on any atom is -0.476 e. The Morgan fingerprint density at radius 2 is 1.56 bits per heavy atom. The van der Waals surface area contributed by atoms with E-state index in [9.17, 15) is 23.7 Å². The van der Waals surface area contributed by atoms with Crippen LogP contribution in [0.1, 0.15) is 67.2 Å². The van der Waals surface area contributed by atoms with Gasteiger partial charge < -0.3 is 48.9 Å². The molecule has 3 heterocycles. The molecule has 3 aromatic rings. The van der Waals surface area contributed by atoms with Crippen molar-refractivity contribution in [2.24, 2.45) is 5.92 Å². The van der Waals surface area contributed by atoms with Crippen molar-refractivity contribution in [3.05, 3.63) is 42.2 Å². The molecule has 1 saturated heterocycles. The molecule has 4 rings (SSSR count). The minimum absolute atomic E-state index is 0.0301. The Balaban J connectivity index is 1.66. The van der Waals surface area contributed by atoms with E-state index in [2.05, 4.69) is 29.7 Å². The highest BCUT2D eigenvalue weighted by Gasteiger charge is 2.68. The maximum atomic E-state index is 17.2. The van der Waals surface area contributed by atoms with Crippen LogP contribution in [0.15, 0.2) is 36.7 Å². The molecule has 1 unspecified atom stereocenters. The molecule has 1 aromatic carbocycles. The number of anilines is 1. The number of nitrogens with one attached hydrogen (secondary N) is 1. The maximum Gasteiger partial charge on any atom is 0.510 e. The number of phosphoric ester groups is 1. The molecule has 1 fully saturated rings. The first-order valence-corrected chi connectivity index (χ1v) is 20.2. The predicted octanol–water partition coefficient (Wildman–Crippen LogP) is 5.79. The number of alkyl halides is 2. The lowest BCUT2D eigenvalue weighted by Gasteiger charge is -2.33. The van der Waals surface area contributed by atoms with Gasteiger partial charge in [-0.3, -0.25) is 9.09 Å². The van der Waals surface area contributed by atoms with Gasteiger partial charge in [-0.15, -0.1) is 0 Å². The highest BCUT2D eigenvalue weighted by molar-refractivity contribution is 7.48. The second-order valence-electron chi connectivity index (χ2n) is 14.1. The van der Waals surface area contributed by atoms with E-state index in [0.29, 0.717) is 5.56 Å². The van der Waals surface area contributed by atoms with Gasteiger partial charge in [0, 0.05) is 0 Å². The van der Waals surface area contributed by atoms with Crippen LogP contribution < -0.4 is 15.8 Å². The number of fused-ring (bicyclic) bond motifs is 1. The van der Waals surface area contributed by atoms with Crippen molar-refractivity contribution in [3.63, 3.8) is 0 Å². The number of amides is 1. The predicted molar refractivity (Wildman–Crippen MR) is 204 cm³/mol. The molecule has 61 heavy (non-hydrogen) atoms. The van der Waals surface area contributed by atoms with Gasteiger partial charge >= 0.3 is 32.2 Å². The average molecular weight is 891 g/mol. The molecule has 2 aromatic heterocycles. The molecule has 1 amide bonds. The molecule has 338 valence electrons. The fourth-order valence-electron chi connectivity index (χ4n) is 5.45. The number of imidazole rings is 1. The number of carbonyl (C=O) groups is 4. The minimum atomic E-state index is -5.20. The molecule has 1 aliphatic heterocycles. The lowest BCUT2D eigenvalue weighted by molar-refractivity contribution is -0.197. The van der Waals surface area contributed by atoms with Crippen LogP contribution >= 0.6 is 7.82 Å². The van der Waals surface area contributed by atoms with Crippen LogP contribution in [0.25, 0.3) is 11.2 Å².